The Kier molecular flexibility index (Phi) is 3.51. The molecule has 0 heterocycles. The zero-order valence-corrected chi connectivity index (χ0v) is 8.12. The van der Waals surface area contributed by atoms with Crippen LogP contribution in [0, 0.1) is 5.82 Å². The standard InChI is InChI=1S/C8H3BrF4O/c9-4-1-2-6(5(10)3-4)14-8(13)7(11)12/h1-3H. The van der Waals surface area contributed by atoms with Gasteiger partial charge in [-0.3, -0.25) is 0 Å². The summed E-state index contributed by atoms with van der Waals surface area (Å²) in [6, 6.07) is 1.23. The summed E-state index contributed by atoms with van der Waals surface area (Å²) in [7, 11) is 0. The molecule has 6 heteroatoms. The molecular weight excluding hydrogens is 268 g/mol. The van der Waals surface area contributed by atoms with Gasteiger partial charge < -0.3 is 4.74 Å². The first-order chi connectivity index (χ1) is 6.50. The highest BCUT2D eigenvalue weighted by Gasteiger charge is 2.11. The van der Waals surface area contributed by atoms with E-state index in [-0.39, 0.29) is 0 Å². The number of hydrogen-bond donors (Lipinski definition) is 0. The van der Waals surface area contributed by atoms with E-state index in [1.807, 2.05) is 0 Å². The summed E-state index contributed by atoms with van der Waals surface area (Å²) in [5.74, 6) is -1.53. The van der Waals surface area contributed by atoms with Crippen molar-refractivity contribution in [3.05, 3.63) is 40.6 Å². The molecule has 0 atom stereocenters. The molecule has 0 amide bonds. The number of benzene rings is 1. The van der Waals surface area contributed by atoms with Gasteiger partial charge in [0.05, 0.1) is 0 Å². The fraction of sp³-hybridized carbons (Fsp3) is 0. The molecule has 0 saturated carbocycles. The zero-order valence-electron chi connectivity index (χ0n) is 6.53. The zero-order chi connectivity index (χ0) is 10.7. The van der Waals surface area contributed by atoms with Crippen molar-refractivity contribution >= 4 is 15.9 Å². The van der Waals surface area contributed by atoms with Crippen molar-refractivity contribution in [3.63, 3.8) is 0 Å². The minimum absolute atomic E-state index is 0.396. The van der Waals surface area contributed by atoms with Crippen LogP contribution in [0.3, 0.4) is 0 Å². The van der Waals surface area contributed by atoms with Crippen molar-refractivity contribution in [1.82, 2.24) is 0 Å². The van der Waals surface area contributed by atoms with Crippen LogP contribution in [0.5, 0.6) is 5.75 Å². The summed E-state index contributed by atoms with van der Waals surface area (Å²) in [4.78, 5) is 0. The highest BCUT2D eigenvalue weighted by Crippen LogP contribution is 2.24. The third-order valence-electron chi connectivity index (χ3n) is 1.24. The SMILES string of the molecule is FC(F)=C(F)Oc1ccc(Br)cc1F. The van der Waals surface area contributed by atoms with Crippen molar-refractivity contribution in [2.45, 2.75) is 0 Å². The molecule has 0 saturated heterocycles. The maximum atomic E-state index is 12.9. The van der Waals surface area contributed by atoms with Crippen LogP contribution < -0.4 is 4.74 Å². The lowest BCUT2D eigenvalue weighted by Crippen LogP contribution is -1.93. The third kappa shape index (κ3) is 2.73. The second-order valence-electron chi connectivity index (χ2n) is 2.21. The Morgan fingerprint density at radius 3 is 2.36 bits per heavy atom. The molecule has 0 fully saturated rings. The summed E-state index contributed by atoms with van der Waals surface area (Å²) < 4.78 is 52.6. The van der Waals surface area contributed by atoms with Crippen molar-refractivity contribution in [1.29, 1.82) is 0 Å². The van der Waals surface area contributed by atoms with E-state index in [4.69, 9.17) is 0 Å². The Hall–Kier alpha value is -1.04. The molecule has 0 radical (unpaired) electrons. The molecule has 0 aliphatic carbocycles. The summed E-state index contributed by atoms with van der Waals surface area (Å²) in [6.45, 7) is 0. The summed E-state index contributed by atoms with van der Waals surface area (Å²) >= 11 is 2.94. The van der Waals surface area contributed by atoms with Crippen LogP contribution in [0.25, 0.3) is 0 Å². The van der Waals surface area contributed by atoms with Gasteiger partial charge in [0.25, 0.3) is 0 Å². The molecule has 1 aromatic carbocycles. The minimum atomic E-state index is -2.63. The van der Waals surface area contributed by atoms with Gasteiger partial charge >= 0.3 is 12.1 Å². The maximum Gasteiger partial charge on any atom is 0.344 e. The average Bonchev–Trinajstić information content (AvgIpc) is 2.09. The van der Waals surface area contributed by atoms with Gasteiger partial charge in [0.1, 0.15) is 0 Å². The molecular formula is C8H3BrF4O. The van der Waals surface area contributed by atoms with E-state index in [1.54, 1.807) is 0 Å². The van der Waals surface area contributed by atoms with Crippen LogP contribution in [0.4, 0.5) is 17.6 Å². The van der Waals surface area contributed by atoms with Gasteiger partial charge in [0, 0.05) is 4.47 Å². The molecule has 76 valence electrons. The average molecular weight is 271 g/mol. The lowest BCUT2D eigenvalue weighted by molar-refractivity contribution is 0.234. The van der Waals surface area contributed by atoms with Crippen LogP contribution in [-0.2, 0) is 0 Å². The number of hydrogen-bond acceptors (Lipinski definition) is 1. The van der Waals surface area contributed by atoms with E-state index in [9.17, 15) is 17.6 Å². The molecule has 0 bridgehead atoms. The number of rotatable bonds is 2. The van der Waals surface area contributed by atoms with Crippen LogP contribution in [0.2, 0.25) is 0 Å². The highest BCUT2D eigenvalue weighted by atomic mass is 79.9. The highest BCUT2D eigenvalue weighted by molar-refractivity contribution is 9.10. The predicted molar refractivity (Wildman–Crippen MR) is 45.1 cm³/mol. The molecule has 0 aliphatic rings. The van der Waals surface area contributed by atoms with Gasteiger partial charge in [-0.15, -0.1) is 0 Å². The second-order valence-corrected chi connectivity index (χ2v) is 3.13. The second kappa shape index (κ2) is 4.45. The maximum absolute atomic E-state index is 12.9. The van der Waals surface area contributed by atoms with Crippen LogP contribution >= 0.6 is 15.9 Å². The molecule has 0 aromatic heterocycles. The van der Waals surface area contributed by atoms with Crippen molar-refractivity contribution in [2.75, 3.05) is 0 Å². The molecule has 14 heavy (non-hydrogen) atoms. The molecule has 1 nitrogen and oxygen atoms in total. The molecule has 1 aromatic rings. The Labute approximate surface area is 85.1 Å². The van der Waals surface area contributed by atoms with E-state index < -0.39 is 23.7 Å². The smallest absolute Gasteiger partial charge is 0.344 e. The summed E-state index contributed by atoms with van der Waals surface area (Å²) in [5, 5.41) is 0. The van der Waals surface area contributed by atoms with E-state index in [1.165, 1.54) is 6.07 Å². The third-order valence-corrected chi connectivity index (χ3v) is 1.74. The first-order valence-corrected chi connectivity index (χ1v) is 4.13. The molecule has 1 rings (SSSR count). The first-order valence-electron chi connectivity index (χ1n) is 3.34. The Balaban J connectivity index is 2.93. The van der Waals surface area contributed by atoms with Gasteiger partial charge in [-0.1, -0.05) is 15.9 Å². The normalized spacial score (nSPS) is 9.79. The molecule has 0 unspecified atom stereocenters. The summed E-state index contributed by atoms with van der Waals surface area (Å²) in [5.41, 5.74) is 0. The fourth-order valence-electron chi connectivity index (χ4n) is 0.693. The number of halogens is 5. The first kappa shape index (κ1) is 11.0. The van der Waals surface area contributed by atoms with Gasteiger partial charge in [-0.25, -0.2) is 4.39 Å². The Bertz CT molecular complexity index is 374. The fourth-order valence-corrected chi connectivity index (χ4v) is 1.03. The van der Waals surface area contributed by atoms with E-state index in [0.717, 1.165) is 12.1 Å². The monoisotopic (exact) mass is 270 g/mol. The van der Waals surface area contributed by atoms with Gasteiger partial charge in [-0.05, 0) is 18.2 Å². The van der Waals surface area contributed by atoms with Crippen molar-refractivity contribution < 1.29 is 22.3 Å². The summed E-state index contributed by atoms with van der Waals surface area (Å²) in [6.07, 6.45) is -2.63. The molecule has 0 aliphatic heterocycles. The minimum Gasteiger partial charge on any atom is -0.425 e. The largest absolute Gasteiger partial charge is 0.425 e. The van der Waals surface area contributed by atoms with E-state index in [0.29, 0.717) is 4.47 Å². The van der Waals surface area contributed by atoms with Crippen molar-refractivity contribution in [2.24, 2.45) is 0 Å². The van der Waals surface area contributed by atoms with Crippen LogP contribution in [0.15, 0.2) is 34.8 Å². The lowest BCUT2D eigenvalue weighted by Gasteiger charge is -2.02. The van der Waals surface area contributed by atoms with Gasteiger partial charge in [0.2, 0.25) is 0 Å². The van der Waals surface area contributed by atoms with Crippen molar-refractivity contribution in [3.8, 4) is 5.75 Å². The van der Waals surface area contributed by atoms with Gasteiger partial charge in [-0.2, -0.15) is 13.2 Å². The van der Waals surface area contributed by atoms with Crippen LogP contribution in [-0.4, -0.2) is 0 Å². The van der Waals surface area contributed by atoms with E-state index in [2.05, 4.69) is 20.7 Å². The Morgan fingerprint density at radius 1 is 1.21 bits per heavy atom. The predicted octanol–water partition coefficient (Wildman–Crippen LogP) is 4.00. The molecule has 0 spiro atoms. The topological polar surface area (TPSA) is 9.23 Å². The van der Waals surface area contributed by atoms with E-state index >= 15 is 0 Å². The number of ether oxygens (including phenoxy) is 1. The molecule has 0 N–H and O–H groups in total. The Morgan fingerprint density at radius 2 is 1.86 bits per heavy atom. The van der Waals surface area contributed by atoms with Gasteiger partial charge in [0.15, 0.2) is 11.6 Å². The quantitative estimate of drug-likeness (QED) is 0.583. The van der Waals surface area contributed by atoms with Crippen LogP contribution in [0.1, 0.15) is 0 Å². The lowest BCUT2D eigenvalue weighted by atomic mass is 10.3.